The van der Waals surface area contributed by atoms with Gasteiger partial charge in [0, 0.05) is 12.1 Å². The Bertz CT molecular complexity index is 957. The van der Waals surface area contributed by atoms with Crippen LogP contribution in [0.1, 0.15) is 32.1 Å². The summed E-state index contributed by atoms with van der Waals surface area (Å²) in [5.74, 6) is 0.498. The molecule has 0 bridgehead atoms. The summed E-state index contributed by atoms with van der Waals surface area (Å²) in [6.07, 6.45) is 5.16. The molecule has 0 unspecified atom stereocenters. The zero-order valence-corrected chi connectivity index (χ0v) is 18.2. The van der Waals surface area contributed by atoms with Crippen LogP contribution in [0.4, 0.5) is 5.69 Å². The molecule has 0 atom stereocenters. The average molecular weight is 433 g/mol. The number of methoxy groups -OCH3 is 2. The second-order valence-corrected chi connectivity index (χ2v) is 9.13. The van der Waals surface area contributed by atoms with E-state index < -0.39 is 10.0 Å². The van der Waals surface area contributed by atoms with Crippen molar-refractivity contribution in [2.24, 2.45) is 0 Å². The summed E-state index contributed by atoms with van der Waals surface area (Å²) in [5, 5.41) is 2.99. The molecule has 0 radical (unpaired) electrons. The van der Waals surface area contributed by atoms with Crippen molar-refractivity contribution in [2.45, 2.75) is 43.0 Å². The van der Waals surface area contributed by atoms with Gasteiger partial charge in [0.2, 0.25) is 5.91 Å². The number of ether oxygens (including phenoxy) is 2. The minimum atomic E-state index is -3.99. The highest BCUT2D eigenvalue weighted by Gasteiger charge is 2.30. The van der Waals surface area contributed by atoms with Gasteiger partial charge in [-0.3, -0.25) is 9.10 Å². The summed E-state index contributed by atoms with van der Waals surface area (Å²) >= 11 is 0. The van der Waals surface area contributed by atoms with E-state index in [1.54, 1.807) is 36.4 Å². The minimum absolute atomic E-state index is 0.0882. The third kappa shape index (κ3) is 5.05. The van der Waals surface area contributed by atoms with Crippen molar-refractivity contribution >= 4 is 21.6 Å². The van der Waals surface area contributed by atoms with Crippen molar-refractivity contribution in [3.63, 3.8) is 0 Å². The Hall–Kier alpha value is -2.74. The van der Waals surface area contributed by atoms with E-state index >= 15 is 0 Å². The van der Waals surface area contributed by atoms with Crippen LogP contribution < -0.4 is 19.1 Å². The molecule has 8 heteroatoms. The van der Waals surface area contributed by atoms with Gasteiger partial charge in [-0.2, -0.15) is 0 Å². The summed E-state index contributed by atoms with van der Waals surface area (Å²) in [4.78, 5) is 12.9. The largest absolute Gasteiger partial charge is 0.497 e. The molecule has 0 aliphatic heterocycles. The van der Waals surface area contributed by atoms with Gasteiger partial charge in [0.25, 0.3) is 10.0 Å². The van der Waals surface area contributed by atoms with Crippen LogP contribution in [-0.4, -0.2) is 41.1 Å². The molecule has 0 saturated heterocycles. The number of hydrogen-bond acceptors (Lipinski definition) is 5. The predicted molar refractivity (Wildman–Crippen MR) is 116 cm³/mol. The van der Waals surface area contributed by atoms with E-state index in [-0.39, 0.29) is 29.1 Å². The first-order valence-electron chi connectivity index (χ1n) is 10.0. The lowest BCUT2D eigenvalue weighted by Gasteiger charge is -2.28. The molecule has 30 heavy (non-hydrogen) atoms. The molecule has 2 aromatic carbocycles. The van der Waals surface area contributed by atoms with Gasteiger partial charge in [0.15, 0.2) is 0 Å². The molecule has 0 aromatic heterocycles. The number of sulfonamides is 1. The molecular formula is C22H28N2O5S. The summed E-state index contributed by atoms with van der Waals surface area (Å²) in [7, 11) is -1.02. The van der Waals surface area contributed by atoms with E-state index in [0.717, 1.165) is 30.0 Å². The molecule has 1 fully saturated rings. The molecule has 1 aliphatic rings. The second-order valence-electron chi connectivity index (χ2n) is 7.26. The van der Waals surface area contributed by atoms with Gasteiger partial charge in [-0.25, -0.2) is 8.42 Å². The Morgan fingerprint density at radius 1 is 1.03 bits per heavy atom. The molecule has 1 saturated carbocycles. The smallest absolute Gasteiger partial charge is 0.264 e. The number of nitrogens with zero attached hydrogens (tertiary/aromatic N) is 1. The Balaban J connectivity index is 1.96. The van der Waals surface area contributed by atoms with Crippen molar-refractivity contribution in [2.75, 3.05) is 25.1 Å². The summed E-state index contributed by atoms with van der Waals surface area (Å²) in [6.45, 7) is -0.337. The summed E-state index contributed by atoms with van der Waals surface area (Å²) < 4.78 is 38.6. The van der Waals surface area contributed by atoms with Crippen LogP contribution >= 0.6 is 0 Å². The first-order chi connectivity index (χ1) is 14.5. The molecule has 2 aromatic rings. The van der Waals surface area contributed by atoms with Gasteiger partial charge in [0.05, 0.1) is 24.8 Å². The van der Waals surface area contributed by atoms with Crippen LogP contribution in [0.25, 0.3) is 0 Å². The third-order valence-electron chi connectivity index (χ3n) is 5.24. The van der Waals surface area contributed by atoms with E-state index in [2.05, 4.69) is 5.32 Å². The van der Waals surface area contributed by atoms with Crippen molar-refractivity contribution in [1.82, 2.24) is 5.32 Å². The van der Waals surface area contributed by atoms with E-state index in [9.17, 15) is 13.2 Å². The Labute approximate surface area is 178 Å². The molecule has 7 nitrogen and oxygen atoms in total. The van der Waals surface area contributed by atoms with E-state index in [1.165, 1.54) is 32.8 Å². The first kappa shape index (κ1) is 22.0. The van der Waals surface area contributed by atoms with Crippen LogP contribution in [-0.2, 0) is 14.8 Å². The molecular weight excluding hydrogens is 404 g/mol. The standard InChI is InChI=1S/C22H28N2O5S/c1-28-18-13-14-20(21(15-18)29-2)24(30(26,27)19-11-7-4-8-12-19)16-22(25)23-17-9-5-3-6-10-17/h4,7-8,11-15,17H,3,5-6,9-10,16H2,1-2H3,(H,23,25). The number of amides is 1. The number of carbonyl (C=O) groups excluding carboxylic acids is 1. The van der Waals surface area contributed by atoms with Crippen LogP contribution in [0, 0.1) is 0 Å². The fraction of sp³-hybridized carbons (Fsp3) is 0.409. The number of carbonyl (C=O) groups is 1. The molecule has 1 N–H and O–H groups in total. The maximum atomic E-state index is 13.4. The van der Waals surface area contributed by atoms with Crippen LogP contribution in [0.15, 0.2) is 53.4 Å². The minimum Gasteiger partial charge on any atom is -0.497 e. The van der Waals surface area contributed by atoms with Crippen molar-refractivity contribution in [1.29, 1.82) is 0 Å². The molecule has 3 rings (SSSR count). The Kier molecular flexibility index (Phi) is 7.20. The fourth-order valence-corrected chi connectivity index (χ4v) is 5.11. The lowest BCUT2D eigenvalue weighted by Crippen LogP contribution is -2.45. The quantitative estimate of drug-likeness (QED) is 0.692. The van der Waals surface area contributed by atoms with E-state index in [4.69, 9.17) is 9.47 Å². The first-order valence-corrected chi connectivity index (χ1v) is 11.5. The molecule has 162 valence electrons. The van der Waals surface area contributed by atoms with Crippen molar-refractivity contribution in [3.05, 3.63) is 48.5 Å². The zero-order chi connectivity index (χ0) is 21.6. The fourth-order valence-electron chi connectivity index (χ4n) is 3.66. The van der Waals surface area contributed by atoms with E-state index in [1.807, 2.05) is 0 Å². The predicted octanol–water partition coefficient (Wildman–Crippen LogP) is 3.35. The summed E-state index contributed by atoms with van der Waals surface area (Å²) in [6, 6.07) is 13.0. The monoisotopic (exact) mass is 432 g/mol. The molecule has 0 spiro atoms. The van der Waals surface area contributed by atoms with E-state index in [0.29, 0.717) is 11.5 Å². The topological polar surface area (TPSA) is 84.9 Å². The van der Waals surface area contributed by atoms with Gasteiger partial charge in [-0.1, -0.05) is 37.5 Å². The van der Waals surface area contributed by atoms with Gasteiger partial charge in [-0.15, -0.1) is 0 Å². The van der Waals surface area contributed by atoms with Gasteiger partial charge >= 0.3 is 0 Å². The number of benzene rings is 2. The van der Waals surface area contributed by atoms with Gasteiger partial charge in [0.1, 0.15) is 18.0 Å². The van der Waals surface area contributed by atoms with Crippen molar-refractivity contribution in [3.8, 4) is 11.5 Å². The van der Waals surface area contributed by atoms with Crippen LogP contribution in [0.2, 0.25) is 0 Å². The maximum Gasteiger partial charge on any atom is 0.264 e. The highest BCUT2D eigenvalue weighted by Crippen LogP contribution is 2.35. The molecule has 1 amide bonds. The Morgan fingerprint density at radius 2 is 1.73 bits per heavy atom. The van der Waals surface area contributed by atoms with Gasteiger partial charge in [-0.05, 0) is 37.1 Å². The van der Waals surface area contributed by atoms with Gasteiger partial charge < -0.3 is 14.8 Å². The number of hydrogen-bond donors (Lipinski definition) is 1. The zero-order valence-electron chi connectivity index (χ0n) is 17.3. The lowest BCUT2D eigenvalue weighted by atomic mass is 9.95. The third-order valence-corrected chi connectivity index (χ3v) is 7.02. The molecule has 0 heterocycles. The van der Waals surface area contributed by atoms with Crippen LogP contribution in [0.5, 0.6) is 11.5 Å². The number of nitrogens with one attached hydrogen (secondary N) is 1. The number of anilines is 1. The SMILES string of the molecule is COc1ccc(N(CC(=O)NC2CCCCC2)S(=O)(=O)c2ccccc2)c(OC)c1. The summed E-state index contributed by atoms with van der Waals surface area (Å²) in [5.41, 5.74) is 0.279. The Morgan fingerprint density at radius 3 is 2.37 bits per heavy atom. The molecule has 1 aliphatic carbocycles. The highest BCUT2D eigenvalue weighted by molar-refractivity contribution is 7.92. The average Bonchev–Trinajstić information content (AvgIpc) is 2.78. The normalized spacial score (nSPS) is 14.7. The number of rotatable bonds is 8. The maximum absolute atomic E-state index is 13.4. The lowest BCUT2D eigenvalue weighted by molar-refractivity contribution is -0.120. The highest BCUT2D eigenvalue weighted by atomic mass is 32.2. The van der Waals surface area contributed by atoms with Crippen LogP contribution in [0.3, 0.4) is 0 Å². The van der Waals surface area contributed by atoms with Crippen molar-refractivity contribution < 1.29 is 22.7 Å². The second kappa shape index (κ2) is 9.84.